The summed E-state index contributed by atoms with van der Waals surface area (Å²) in [7, 11) is 0. The van der Waals surface area contributed by atoms with E-state index in [9.17, 15) is 4.39 Å². The molecule has 0 bridgehead atoms. The van der Waals surface area contributed by atoms with E-state index in [1.54, 1.807) is 6.07 Å². The predicted octanol–water partition coefficient (Wildman–Crippen LogP) is 3.88. The fourth-order valence-corrected chi connectivity index (χ4v) is 2.82. The average molecular weight is 330 g/mol. The number of hydrogen-bond donors (Lipinski definition) is 1. The van der Waals surface area contributed by atoms with Crippen LogP contribution < -0.4 is 5.32 Å². The van der Waals surface area contributed by atoms with Crippen LogP contribution in [0.1, 0.15) is 32.3 Å². The second kappa shape index (κ2) is 6.82. The molecule has 2 atom stereocenters. The van der Waals surface area contributed by atoms with Crippen LogP contribution in [0, 0.1) is 11.7 Å². The van der Waals surface area contributed by atoms with Crippen molar-refractivity contribution in [3.05, 3.63) is 34.1 Å². The fraction of sp³-hybridized carbons (Fsp3) is 0.600. The summed E-state index contributed by atoms with van der Waals surface area (Å²) < 4.78 is 20.3. The summed E-state index contributed by atoms with van der Waals surface area (Å²) in [5, 5.41) is 3.45. The van der Waals surface area contributed by atoms with Gasteiger partial charge in [-0.1, -0.05) is 29.8 Å². The maximum absolute atomic E-state index is 13.6. The highest BCUT2D eigenvalue weighted by Gasteiger charge is 2.24. The molecule has 1 aromatic carbocycles. The Morgan fingerprint density at radius 3 is 3.00 bits per heavy atom. The Balaban J connectivity index is 1.89. The lowest BCUT2D eigenvalue weighted by Gasteiger charge is -2.32. The minimum absolute atomic E-state index is 0.150. The molecule has 0 aliphatic carbocycles. The Labute approximate surface area is 122 Å². The Morgan fingerprint density at radius 1 is 1.47 bits per heavy atom. The molecule has 1 heterocycles. The SMILES string of the molecule is CC(C)C1CC(NCc2cc(Br)ccc2F)CCO1. The lowest BCUT2D eigenvalue weighted by atomic mass is 9.95. The molecule has 1 aliphatic heterocycles. The lowest BCUT2D eigenvalue weighted by molar-refractivity contribution is -0.0246. The molecule has 0 saturated carbocycles. The number of ether oxygens (including phenoxy) is 1. The standard InChI is InChI=1S/C15H21BrFNO/c1-10(2)15-8-13(5-6-19-15)18-9-11-7-12(16)3-4-14(11)17/h3-4,7,10,13,15,18H,5-6,8-9H2,1-2H3. The zero-order chi connectivity index (χ0) is 13.8. The van der Waals surface area contributed by atoms with Gasteiger partial charge in [-0.2, -0.15) is 0 Å². The summed E-state index contributed by atoms with van der Waals surface area (Å²) in [6.07, 6.45) is 2.32. The molecule has 1 N–H and O–H groups in total. The van der Waals surface area contributed by atoms with E-state index in [2.05, 4.69) is 35.1 Å². The third-order valence-corrected chi connectivity index (χ3v) is 4.14. The minimum atomic E-state index is -0.150. The number of nitrogens with one attached hydrogen (secondary N) is 1. The van der Waals surface area contributed by atoms with Crippen LogP contribution in [-0.4, -0.2) is 18.8 Å². The van der Waals surface area contributed by atoms with E-state index < -0.39 is 0 Å². The number of halogens is 2. The topological polar surface area (TPSA) is 21.3 Å². The summed E-state index contributed by atoms with van der Waals surface area (Å²) in [6, 6.07) is 5.48. The molecule has 2 rings (SSSR count). The van der Waals surface area contributed by atoms with Crippen molar-refractivity contribution in [2.45, 2.75) is 45.4 Å². The first-order valence-electron chi connectivity index (χ1n) is 6.85. The van der Waals surface area contributed by atoms with Crippen molar-refractivity contribution >= 4 is 15.9 Å². The Morgan fingerprint density at radius 2 is 2.26 bits per heavy atom. The summed E-state index contributed by atoms with van der Waals surface area (Å²) >= 11 is 3.38. The van der Waals surface area contributed by atoms with Crippen LogP contribution >= 0.6 is 15.9 Å². The molecular formula is C15H21BrFNO. The van der Waals surface area contributed by atoms with E-state index >= 15 is 0 Å². The van der Waals surface area contributed by atoms with Gasteiger partial charge in [-0.25, -0.2) is 4.39 Å². The molecule has 1 aliphatic rings. The van der Waals surface area contributed by atoms with E-state index in [4.69, 9.17) is 4.74 Å². The molecule has 4 heteroatoms. The number of hydrogen-bond acceptors (Lipinski definition) is 2. The highest BCUT2D eigenvalue weighted by atomic mass is 79.9. The van der Waals surface area contributed by atoms with Gasteiger partial charge in [0, 0.05) is 29.2 Å². The van der Waals surface area contributed by atoms with Crippen molar-refractivity contribution in [2.24, 2.45) is 5.92 Å². The van der Waals surface area contributed by atoms with Crippen molar-refractivity contribution in [3.63, 3.8) is 0 Å². The first-order chi connectivity index (χ1) is 9.06. The van der Waals surface area contributed by atoms with E-state index in [0.717, 1.165) is 23.9 Å². The van der Waals surface area contributed by atoms with Gasteiger partial charge < -0.3 is 10.1 Å². The molecule has 0 spiro atoms. The molecule has 106 valence electrons. The molecule has 2 nitrogen and oxygen atoms in total. The van der Waals surface area contributed by atoms with Crippen molar-refractivity contribution in [3.8, 4) is 0 Å². The average Bonchev–Trinajstić information content (AvgIpc) is 2.40. The van der Waals surface area contributed by atoms with Gasteiger partial charge in [0.15, 0.2) is 0 Å². The van der Waals surface area contributed by atoms with Crippen molar-refractivity contribution in [1.29, 1.82) is 0 Å². The van der Waals surface area contributed by atoms with Gasteiger partial charge in [-0.3, -0.25) is 0 Å². The molecule has 1 saturated heterocycles. The molecule has 2 unspecified atom stereocenters. The molecule has 1 fully saturated rings. The van der Waals surface area contributed by atoms with Gasteiger partial charge in [-0.05, 0) is 37.0 Å². The fourth-order valence-electron chi connectivity index (χ4n) is 2.41. The third kappa shape index (κ3) is 4.26. The molecule has 0 aromatic heterocycles. The Kier molecular flexibility index (Phi) is 5.37. The first kappa shape index (κ1) is 14.9. The van der Waals surface area contributed by atoms with E-state index in [-0.39, 0.29) is 5.82 Å². The van der Waals surface area contributed by atoms with Crippen LogP contribution in [0.25, 0.3) is 0 Å². The molecular weight excluding hydrogens is 309 g/mol. The molecule has 0 amide bonds. The summed E-state index contributed by atoms with van der Waals surface area (Å²) in [5.74, 6) is 0.385. The number of benzene rings is 1. The highest BCUT2D eigenvalue weighted by Crippen LogP contribution is 2.21. The normalized spacial score (nSPS) is 23.8. The minimum Gasteiger partial charge on any atom is -0.378 e. The molecule has 19 heavy (non-hydrogen) atoms. The predicted molar refractivity (Wildman–Crippen MR) is 78.5 cm³/mol. The summed E-state index contributed by atoms with van der Waals surface area (Å²) in [5.41, 5.74) is 0.710. The summed E-state index contributed by atoms with van der Waals surface area (Å²) in [4.78, 5) is 0. The van der Waals surface area contributed by atoms with E-state index in [0.29, 0.717) is 30.2 Å². The van der Waals surface area contributed by atoms with Crippen LogP contribution in [0.3, 0.4) is 0 Å². The van der Waals surface area contributed by atoms with Crippen molar-refractivity contribution in [2.75, 3.05) is 6.61 Å². The first-order valence-corrected chi connectivity index (χ1v) is 7.64. The van der Waals surface area contributed by atoms with Crippen LogP contribution in [-0.2, 0) is 11.3 Å². The quantitative estimate of drug-likeness (QED) is 0.905. The number of rotatable bonds is 4. The summed E-state index contributed by atoms with van der Waals surface area (Å²) in [6.45, 7) is 5.73. The van der Waals surface area contributed by atoms with Gasteiger partial charge in [0.25, 0.3) is 0 Å². The molecule has 0 radical (unpaired) electrons. The van der Waals surface area contributed by atoms with Gasteiger partial charge in [0.1, 0.15) is 5.82 Å². The monoisotopic (exact) mass is 329 g/mol. The lowest BCUT2D eigenvalue weighted by Crippen LogP contribution is -2.40. The van der Waals surface area contributed by atoms with Crippen LogP contribution in [0.5, 0.6) is 0 Å². The van der Waals surface area contributed by atoms with Gasteiger partial charge in [-0.15, -0.1) is 0 Å². The highest BCUT2D eigenvalue weighted by molar-refractivity contribution is 9.10. The van der Waals surface area contributed by atoms with E-state index in [1.165, 1.54) is 6.07 Å². The van der Waals surface area contributed by atoms with Crippen molar-refractivity contribution in [1.82, 2.24) is 5.32 Å². The smallest absolute Gasteiger partial charge is 0.127 e. The zero-order valence-corrected chi connectivity index (χ0v) is 13.0. The van der Waals surface area contributed by atoms with Gasteiger partial charge in [0.05, 0.1) is 6.10 Å². The van der Waals surface area contributed by atoms with E-state index in [1.807, 2.05) is 6.07 Å². The van der Waals surface area contributed by atoms with Gasteiger partial charge in [0.2, 0.25) is 0 Å². The maximum atomic E-state index is 13.6. The van der Waals surface area contributed by atoms with Crippen molar-refractivity contribution < 1.29 is 9.13 Å². The van der Waals surface area contributed by atoms with Crippen LogP contribution in [0.4, 0.5) is 4.39 Å². The van der Waals surface area contributed by atoms with Crippen LogP contribution in [0.15, 0.2) is 22.7 Å². The second-order valence-electron chi connectivity index (χ2n) is 5.49. The Hall–Kier alpha value is -0.450. The van der Waals surface area contributed by atoms with Crippen LogP contribution in [0.2, 0.25) is 0 Å². The maximum Gasteiger partial charge on any atom is 0.127 e. The Bertz CT molecular complexity index is 425. The molecule has 1 aromatic rings. The van der Waals surface area contributed by atoms with Gasteiger partial charge >= 0.3 is 0 Å². The second-order valence-corrected chi connectivity index (χ2v) is 6.41. The largest absolute Gasteiger partial charge is 0.378 e. The zero-order valence-electron chi connectivity index (χ0n) is 11.5. The third-order valence-electron chi connectivity index (χ3n) is 3.65.